The molecule has 0 fully saturated rings. The standard InChI is InChI=1S/C26H22N4O5/c1-33-21-13-16(14-22(34-2)24(21)35-3)20(15-27)28-25(31)23-18-11-7-8-12-19(18)26(32)30(29-23)17-9-5-4-6-10-17/h4-14,20H,1-3H3,(H,28,31). The maximum atomic E-state index is 13.4. The Balaban J connectivity index is 1.79. The first-order valence-corrected chi connectivity index (χ1v) is 10.6. The van der Waals surface area contributed by atoms with Gasteiger partial charge < -0.3 is 19.5 Å². The van der Waals surface area contributed by atoms with Crippen molar-refractivity contribution in [3.8, 4) is 29.0 Å². The molecule has 0 radical (unpaired) electrons. The molecule has 0 aliphatic carbocycles. The molecule has 1 heterocycles. The smallest absolute Gasteiger partial charge is 0.279 e. The molecule has 0 aliphatic heterocycles. The number of ether oxygens (including phenoxy) is 3. The predicted octanol–water partition coefficient (Wildman–Crippen LogP) is 3.41. The number of para-hydroxylation sites is 1. The van der Waals surface area contributed by atoms with Gasteiger partial charge in [-0.1, -0.05) is 36.4 Å². The molecule has 0 saturated carbocycles. The maximum absolute atomic E-state index is 13.4. The number of nitrogens with zero attached hydrogens (tertiary/aromatic N) is 3. The Labute approximate surface area is 201 Å². The summed E-state index contributed by atoms with van der Waals surface area (Å²) < 4.78 is 17.2. The van der Waals surface area contributed by atoms with E-state index in [1.54, 1.807) is 60.7 Å². The van der Waals surface area contributed by atoms with Gasteiger partial charge in [-0.2, -0.15) is 15.0 Å². The SMILES string of the molecule is COc1cc(C(C#N)NC(=O)c2nn(-c3ccccc3)c(=O)c3ccccc23)cc(OC)c1OC. The van der Waals surface area contributed by atoms with E-state index in [4.69, 9.17) is 14.2 Å². The molecular formula is C26H22N4O5. The van der Waals surface area contributed by atoms with Crippen LogP contribution in [0.15, 0.2) is 71.5 Å². The zero-order valence-electron chi connectivity index (χ0n) is 19.3. The van der Waals surface area contributed by atoms with Gasteiger partial charge in [-0.3, -0.25) is 9.59 Å². The molecular weight excluding hydrogens is 448 g/mol. The number of rotatable bonds is 7. The molecule has 4 rings (SSSR count). The van der Waals surface area contributed by atoms with E-state index >= 15 is 0 Å². The highest BCUT2D eigenvalue weighted by atomic mass is 16.5. The topological polar surface area (TPSA) is 115 Å². The molecule has 4 aromatic rings. The van der Waals surface area contributed by atoms with Gasteiger partial charge in [0.05, 0.1) is 38.5 Å². The van der Waals surface area contributed by atoms with Crippen molar-refractivity contribution in [1.29, 1.82) is 5.26 Å². The van der Waals surface area contributed by atoms with Crippen molar-refractivity contribution >= 4 is 16.7 Å². The first-order valence-electron chi connectivity index (χ1n) is 10.6. The van der Waals surface area contributed by atoms with Crippen molar-refractivity contribution in [2.24, 2.45) is 0 Å². The Morgan fingerprint density at radius 3 is 2.11 bits per heavy atom. The van der Waals surface area contributed by atoms with E-state index in [0.29, 0.717) is 39.3 Å². The van der Waals surface area contributed by atoms with E-state index < -0.39 is 11.9 Å². The summed E-state index contributed by atoms with van der Waals surface area (Å²) in [6.07, 6.45) is 0. The molecule has 1 unspecified atom stereocenters. The van der Waals surface area contributed by atoms with Crippen LogP contribution in [0.4, 0.5) is 0 Å². The van der Waals surface area contributed by atoms with Gasteiger partial charge in [-0.15, -0.1) is 0 Å². The molecule has 0 spiro atoms. The molecule has 1 N–H and O–H groups in total. The molecule has 176 valence electrons. The molecule has 35 heavy (non-hydrogen) atoms. The number of hydrogen-bond acceptors (Lipinski definition) is 7. The van der Waals surface area contributed by atoms with E-state index in [2.05, 4.69) is 16.5 Å². The number of nitriles is 1. The summed E-state index contributed by atoms with van der Waals surface area (Å²) in [5.41, 5.74) is 0.594. The Kier molecular flexibility index (Phi) is 6.64. The molecule has 1 atom stereocenters. The maximum Gasteiger partial charge on any atom is 0.279 e. The van der Waals surface area contributed by atoms with Crippen molar-refractivity contribution in [3.05, 3.63) is 88.3 Å². The number of methoxy groups -OCH3 is 3. The largest absolute Gasteiger partial charge is 0.493 e. The van der Waals surface area contributed by atoms with Gasteiger partial charge >= 0.3 is 0 Å². The highest BCUT2D eigenvalue weighted by molar-refractivity contribution is 6.05. The zero-order chi connectivity index (χ0) is 24.9. The van der Waals surface area contributed by atoms with Gasteiger partial charge in [0.25, 0.3) is 11.5 Å². The number of carbonyl (C=O) groups excluding carboxylic acids is 1. The van der Waals surface area contributed by atoms with E-state index in [9.17, 15) is 14.9 Å². The fraction of sp³-hybridized carbons (Fsp3) is 0.154. The number of aromatic nitrogens is 2. The Morgan fingerprint density at radius 1 is 0.943 bits per heavy atom. The third kappa shape index (κ3) is 4.37. The fourth-order valence-electron chi connectivity index (χ4n) is 3.76. The number of carbonyl (C=O) groups is 1. The second-order valence-corrected chi connectivity index (χ2v) is 7.44. The zero-order valence-corrected chi connectivity index (χ0v) is 19.3. The average Bonchev–Trinajstić information content (AvgIpc) is 2.91. The summed E-state index contributed by atoms with van der Waals surface area (Å²) in [7, 11) is 4.40. The summed E-state index contributed by atoms with van der Waals surface area (Å²) >= 11 is 0. The molecule has 3 aromatic carbocycles. The Hall–Kier alpha value is -4.84. The first-order chi connectivity index (χ1) is 17.0. The average molecular weight is 470 g/mol. The molecule has 9 heteroatoms. The van der Waals surface area contributed by atoms with Gasteiger partial charge in [0.2, 0.25) is 5.75 Å². The lowest BCUT2D eigenvalue weighted by atomic mass is 10.1. The van der Waals surface area contributed by atoms with Crippen LogP contribution in [0.3, 0.4) is 0 Å². The highest BCUT2D eigenvalue weighted by Gasteiger charge is 2.23. The Morgan fingerprint density at radius 2 is 1.54 bits per heavy atom. The van der Waals surface area contributed by atoms with Crippen LogP contribution in [-0.4, -0.2) is 37.0 Å². The third-order valence-electron chi connectivity index (χ3n) is 5.45. The van der Waals surface area contributed by atoms with Gasteiger partial charge in [0.15, 0.2) is 17.2 Å². The summed E-state index contributed by atoms with van der Waals surface area (Å²) in [6, 6.07) is 19.7. The van der Waals surface area contributed by atoms with E-state index in [0.717, 1.165) is 0 Å². The van der Waals surface area contributed by atoms with Crippen molar-refractivity contribution in [1.82, 2.24) is 15.1 Å². The fourth-order valence-corrected chi connectivity index (χ4v) is 3.76. The van der Waals surface area contributed by atoms with Crippen LogP contribution in [0, 0.1) is 11.3 Å². The monoisotopic (exact) mass is 470 g/mol. The summed E-state index contributed by atoms with van der Waals surface area (Å²) in [5, 5.41) is 17.6. The van der Waals surface area contributed by atoms with Crippen molar-refractivity contribution in [3.63, 3.8) is 0 Å². The molecule has 0 bridgehead atoms. The third-order valence-corrected chi connectivity index (χ3v) is 5.45. The van der Waals surface area contributed by atoms with E-state index in [1.165, 1.54) is 26.0 Å². The minimum Gasteiger partial charge on any atom is -0.493 e. The van der Waals surface area contributed by atoms with Crippen LogP contribution in [0.1, 0.15) is 22.1 Å². The first kappa shape index (κ1) is 23.3. The lowest BCUT2D eigenvalue weighted by Crippen LogP contribution is -2.32. The molecule has 0 saturated heterocycles. The van der Waals surface area contributed by atoms with Crippen LogP contribution in [-0.2, 0) is 0 Å². The molecule has 9 nitrogen and oxygen atoms in total. The van der Waals surface area contributed by atoms with Gasteiger partial charge in [-0.25, -0.2) is 0 Å². The van der Waals surface area contributed by atoms with Crippen LogP contribution in [0.2, 0.25) is 0 Å². The number of nitrogens with one attached hydrogen (secondary N) is 1. The van der Waals surface area contributed by atoms with Crippen LogP contribution < -0.4 is 25.1 Å². The molecule has 1 amide bonds. The summed E-state index contributed by atoms with van der Waals surface area (Å²) in [4.78, 5) is 26.5. The van der Waals surface area contributed by atoms with Gasteiger partial charge in [0.1, 0.15) is 6.04 Å². The minimum absolute atomic E-state index is 0.0109. The number of hydrogen-bond donors (Lipinski definition) is 1. The minimum atomic E-state index is -1.06. The number of benzene rings is 3. The predicted molar refractivity (Wildman–Crippen MR) is 129 cm³/mol. The highest BCUT2D eigenvalue weighted by Crippen LogP contribution is 2.39. The van der Waals surface area contributed by atoms with Crippen LogP contribution in [0.5, 0.6) is 17.2 Å². The van der Waals surface area contributed by atoms with E-state index in [1.807, 2.05) is 6.07 Å². The molecule has 1 aromatic heterocycles. The van der Waals surface area contributed by atoms with Gasteiger partial charge in [0, 0.05) is 5.39 Å². The summed E-state index contributed by atoms with van der Waals surface area (Å²) in [6.45, 7) is 0. The Bertz CT molecular complexity index is 1470. The normalized spacial score (nSPS) is 11.4. The van der Waals surface area contributed by atoms with Gasteiger partial charge in [-0.05, 0) is 35.9 Å². The van der Waals surface area contributed by atoms with Crippen LogP contribution >= 0.6 is 0 Å². The van der Waals surface area contributed by atoms with Crippen molar-refractivity contribution in [2.75, 3.05) is 21.3 Å². The van der Waals surface area contributed by atoms with Crippen LogP contribution in [0.25, 0.3) is 16.5 Å². The quantitative estimate of drug-likeness (QED) is 0.440. The number of amides is 1. The molecule has 0 aliphatic rings. The second kappa shape index (κ2) is 9.97. The lowest BCUT2D eigenvalue weighted by molar-refractivity contribution is 0.0940. The lowest BCUT2D eigenvalue weighted by Gasteiger charge is -2.18. The van der Waals surface area contributed by atoms with Crippen molar-refractivity contribution in [2.45, 2.75) is 6.04 Å². The second-order valence-electron chi connectivity index (χ2n) is 7.44. The summed E-state index contributed by atoms with van der Waals surface area (Å²) in [5.74, 6) is 0.436. The van der Waals surface area contributed by atoms with E-state index in [-0.39, 0.29) is 11.3 Å². The number of fused-ring (bicyclic) bond motifs is 1. The van der Waals surface area contributed by atoms with Crippen molar-refractivity contribution < 1.29 is 19.0 Å².